The highest BCUT2D eigenvalue weighted by molar-refractivity contribution is 5.96. The minimum atomic E-state index is -0.479. The number of Topliss-reactive ketones (excluding diaryl/α,β-unsaturated/α-hetero) is 1. The van der Waals surface area contributed by atoms with Crippen LogP contribution >= 0.6 is 0 Å². The molecule has 1 saturated heterocycles. The van der Waals surface area contributed by atoms with Gasteiger partial charge in [0.05, 0.1) is 13.7 Å². The maximum absolute atomic E-state index is 11.7. The average Bonchev–Trinajstić information content (AvgIpc) is 2.65. The Bertz CT molecular complexity index is 331. The second-order valence-corrected chi connectivity index (χ2v) is 3.03. The van der Waals surface area contributed by atoms with Crippen molar-refractivity contribution < 1.29 is 9.53 Å². The first kappa shape index (κ1) is 9.22. The van der Waals surface area contributed by atoms with Crippen molar-refractivity contribution in [3.05, 3.63) is 5.82 Å². The summed E-state index contributed by atoms with van der Waals surface area (Å²) < 4.78 is 5.27. The SMILES string of the molecule is Cn1nnc(C(=O)C2CNCCO2)n1. The summed E-state index contributed by atoms with van der Waals surface area (Å²) >= 11 is 0. The van der Waals surface area contributed by atoms with Gasteiger partial charge in [-0.15, -0.1) is 10.2 Å². The quantitative estimate of drug-likeness (QED) is 0.574. The summed E-state index contributed by atoms with van der Waals surface area (Å²) in [6, 6.07) is 0. The van der Waals surface area contributed by atoms with Gasteiger partial charge in [-0.05, 0) is 5.21 Å². The number of ketones is 1. The van der Waals surface area contributed by atoms with Crippen LogP contribution in [0.5, 0.6) is 0 Å². The van der Waals surface area contributed by atoms with Crippen LogP contribution in [0, 0.1) is 0 Å². The number of hydrogen-bond donors (Lipinski definition) is 1. The molecule has 0 bridgehead atoms. The van der Waals surface area contributed by atoms with Crippen molar-refractivity contribution in [3.63, 3.8) is 0 Å². The molecule has 14 heavy (non-hydrogen) atoms. The Morgan fingerprint density at radius 1 is 1.71 bits per heavy atom. The summed E-state index contributed by atoms with van der Waals surface area (Å²) in [6.07, 6.45) is -0.479. The molecule has 2 rings (SSSR count). The number of nitrogens with one attached hydrogen (secondary N) is 1. The molecule has 1 aromatic rings. The van der Waals surface area contributed by atoms with E-state index in [1.165, 1.54) is 4.80 Å². The second-order valence-electron chi connectivity index (χ2n) is 3.03. The van der Waals surface area contributed by atoms with Gasteiger partial charge in [-0.1, -0.05) is 0 Å². The van der Waals surface area contributed by atoms with Crippen LogP contribution in [0.25, 0.3) is 0 Å². The first-order valence-electron chi connectivity index (χ1n) is 4.38. The first-order valence-corrected chi connectivity index (χ1v) is 4.38. The Morgan fingerprint density at radius 3 is 3.14 bits per heavy atom. The molecule has 1 fully saturated rings. The predicted octanol–water partition coefficient (Wildman–Crippen LogP) is -1.62. The fraction of sp³-hybridized carbons (Fsp3) is 0.714. The van der Waals surface area contributed by atoms with Crippen LogP contribution in [-0.2, 0) is 11.8 Å². The van der Waals surface area contributed by atoms with E-state index < -0.39 is 6.10 Å². The maximum Gasteiger partial charge on any atom is 0.243 e. The zero-order chi connectivity index (χ0) is 9.97. The van der Waals surface area contributed by atoms with E-state index in [9.17, 15) is 4.79 Å². The summed E-state index contributed by atoms with van der Waals surface area (Å²) in [5.41, 5.74) is 0. The zero-order valence-electron chi connectivity index (χ0n) is 7.80. The summed E-state index contributed by atoms with van der Waals surface area (Å²) in [5.74, 6) is -0.105. The number of hydrogen-bond acceptors (Lipinski definition) is 6. The van der Waals surface area contributed by atoms with Crippen LogP contribution in [0.1, 0.15) is 10.6 Å². The Kier molecular flexibility index (Phi) is 2.51. The average molecular weight is 197 g/mol. The summed E-state index contributed by atoms with van der Waals surface area (Å²) in [6.45, 7) is 1.82. The van der Waals surface area contributed by atoms with Crippen LogP contribution in [-0.4, -0.2) is 51.8 Å². The van der Waals surface area contributed by atoms with E-state index >= 15 is 0 Å². The van der Waals surface area contributed by atoms with Gasteiger partial charge in [0.1, 0.15) is 6.10 Å². The van der Waals surface area contributed by atoms with Gasteiger partial charge in [0.2, 0.25) is 11.6 Å². The van der Waals surface area contributed by atoms with Gasteiger partial charge in [-0.25, -0.2) is 0 Å². The van der Waals surface area contributed by atoms with Crippen LogP contribution in [0.3, 0.4) is 0 Å². The monoisotopic (exact) mass is 197 g/mol. The lowest BCUT2D eigenvalue weighted by Gasteiger charge is -2.20. The van der Waals surface area contributed by atoms with Crippen molar-refractivity contribution >= 4 is 5.78 Å². The number of morpholine rings is 1. The molecule has 1 aliphatic heterocycles. The number of carbonyl (C=O) groups is 1. The smallest absolute Gasteiger partial charge is 0.243 e. The third-order valence-electron chi connectivity index (χ3n) is 1.95. The van der Waals surface area contributed by atoms with Crippen molar-refractivity contribution in [2.24, 2.45) is 7.05 Å². The molecule has 0 aliphatic carbocycles. The molecule has 2 heterocycles. The molecule has 0 amide bonds. The molecular formula is C7H11N5O2. The minimum Gasteiger partial charge on any atom is -0.367 e. The lowest BCUT2D eigenvalue weighted by atomic mass is 10.2. The highest BCUT2D eigenvalue weighted by Gasteiger charge is 2.26. The predicted molar refractivity (Wildman–Crippen MR) is 45.7 cm³/mol. The van der Waals surface area contributed by atoms with Gasteiger partial charge in [0.25, 0.3) is 0 Å². The van der Waals surface area contributed by atoms with E-state index in [1.54, 1.807) is 7.05 Å². The van der Waals surface area contributed by atoms with Gasteiger partial charge >= 0.3 is 0 Å². The summed E-state index contributed by atoms with van der Waals surface area (Å²) in [4.78, 5) is 12.9. The first-order chi connectivity index (χ1) is 6.77. The number of carbonyl (C=O) groups excluding carboxylic acids is 1. The van der Waals surface area contributed by atoms with Crippen LogP contribution in [0.15, 0.2) is 0 Å². The molecule has 7 nitrogen and oxygen atoms in total. The van der Waals surface area contributed by atoms with Gasteiger partial charge in [0.15, 0.2) is 0 Å². The van der Waals surface area contributed by atoms with Crippen molar-refractivity contribution in [1.29, 1.82) is 0 Å². The second kappa shape index (κ2) is 3.81. The normalized spacial score (nSPS) is 22.2. The molecule has 1 aliphatic rings. The summed E-state index contributed by atoms with van der Waals surface area (Å²) in [7, 11) is 1.61. The number of aromatic nitrogens is 4. The van der Waals surface area contributed by atoms with Crippen LogP contribution < -0.4 is 5.32 Å². The van der Waals surface area contributed by atoms with E-state index in [1.807, 2.05) is 0 Å². The van der Waals surface area contributed by atoms with Gasteiger partial charge in [-0.3, -0.25) is 4.79 Å². The third-order valence-corrected chi connectivity index (χ3v) is 1.95. The Balaban J connectivity index is 2.07. The topological polar surface area (TPSA) is 81.9 Å². The molecule has 1 unspecified atom stereocenters. The Labute approximate surface area is 80.4 Å². The van der Waals surface area contributed by atoms with E-state index in [0.29, 0.717) is 13.2 Å². The van der Waals surface area contributed by atoms with Crippen molar-refractivity contribution in [1.82, 2.24) is 25.5 Å². The highest BCUT2D eigenvalue weighted by atomic mass is 16.5. The fourth-order valence-corrected chi connectivity index (χ4v) is 1.26. The van der Waals surface area contributed by atoms with Gasteiger partial charge in [-0.2, -0.15) is 4.80 Å². The van der Waals surface area contributed by atoms with Crippen LogP contribution in [0.4, 0.5) is 0 Å². The van der Waals surface area contributed by atoms with E-state index in [4.69, 9.17) is 4.74 Å². The number of aryl methyl sites for hydroxylation is 1. The standard InChI is InChI=1S/C7H11N5O2/c1-12-10-7(9-11-12)6(13)5-4-8-2-3-14-5/h5,8H,2-4H2,1H3. The largest absolute Gasteiger partial charge is 0.367 e. The van der Waals surface area contributed by atoms with Gasteiger partial charge < -0.3 is 10.1 Å². The number of tetrazole rings is 1. The molecule has 7 heteroatoms. The summed E-state index contributed by atoms with van der Waals surface area (Å²) in [5, 5.41) is 14.1. The number of rotatable bonds is 2. The highest BCUT2D eigenvalue weighted by Crippen LogP contribution is 2.02. The van der Waals surface area contributed by atoms with E-state index in [2.05, 4.69) is 20.7 Å². The molecule has 0 aromatic carbocycles. The van der Waals surface area contributed by atoms with E-state index in [0.717, 1.165) is 6.54 Å². The maximum atomic E-state index is 11.7. The van der Waals surface area contributed by atoms with Crippen molar-refractivity contribution in [3.8, 4) is 0 Å². The fourth-order valence-electron chi connectivity index (χ4n) is 1.26. The lowest BCUT2D eigenvalue weighted by Crippen LogP contribution is -2.43. The van der Waals surface area contributed by atoms with E-state index in [-0.39, 0.29) is 11.6 Å². The zero-order valence-corrected chi connectivity index (χ0v) is 7.80. The Morgan fingerprint density at radius 2 is 2.57 bits per heavy atom. The molecular weight excluding hydrogens is 186 g/mol. The van der Waals surface area contributed by atoms with Gasteiger partial charge in [0, 0.05) is 13.1 Å². The lowest BCUT2D eigenvalue weighted by molar-refractivity contribution is 0.0261. The molecule has 76 valence electrons. The van der Waals surface area contributed by atoms with Crippen molar-refractivity contribution in [2.45, 2.75) is 6.10 Å². The molecule has 0 radical (unpaired) electrons. The Hall–Kier alpha value is -1.34. The van der Waals surface area contributed by atoms with Crippen molar-refractivity contribution in [2.75, 3.05) is 19.7 Å². The minimum absolute atomic E-state index is 0.112. The molecule has 1 atom stereocenters. The molecule has 1 aromatic heterocycles. The third kappa shape index (κ3) is 1.78. The number of ether oxygens (including phenoxy) is 1. The number of nitrogens with zero attached hydrogens (tertiary/aromatic N) is 4. The molecule has 1 N–H and O–H groups in total. The molecule has 0 spiro atoms. The molecule has 0 saturated carbocycles. The van der Waals surface area contributed by atoms with Crippen LogP contribution in [0.2, 0.25) is 0 Å².